The van der Waals surface area contributed by atoms with Crippen LogP contribution in [0.3, 0.4) is 0 Å². The largest absolute Gasteiger partial charge is 0.497 e. The number of hydrogen-bond acceptors (Lipinski definition) is 7. The summed E-state index contributed by atoms with van der Waals surface area (Å²) in [7, 11) is 1.59. The Labute approximate surface area is 195 Å². The highest BCUT2D eigenvalue weighted by molar-refractivity contribution is 5.89. The second kappa shape index (κ2) is 9.62. The molecule has 2 aliphatic heterocycles. The highest BCUT2D eigenvalue weighted by Gasteiger charge is 2.48. The predicted molar refractivity (Wildman–Crippen MR) is 123 cm³/mol. The number of benzene rings is 2. The summed E-state index contributed by atoms with van der Waals surface area (Å²) in [5.41, 5.74) is 1.92. The van der Waals surface area contributed by atoms with E-state index >= 15 is 0 Å². The summed E-state index contributed by atoms with van der Waals surface area (Å²) in [4.78, 5) is 21.2. The number of amides is 2. The number of hydrogen-bond donors (Lipinski definition) is 3. The van der Waals surface area contributed by atoms with Gasteiger partial charge in [0.15, 0.2) is 0 Å². The van der Waals surface area contributed by atoms with Crippen molar-refractivity contribution in [2.45, 2.75) is 24.3 Å². The molecule has 3 heterocycles. The Balaban J connectivity index is 1.18. The zero-order valence-corrected chi connectivity index (χ0v) is 18.4. The van der Waals surface area contributed by atoms with Crippen molar-refractivity contribution in [1.82, 2.24) is 15.3 Å². The fourth-order valence-electron chi connectivity index (χ4n) is 4.16. The van der Waals surface area contributed by atoms with Crippen LogP contribution in [0.25, 0.3) is 11.3 Å². The summed E-state index contributed by atoms with van der Waals surface area (Å²) in [5, 5.41) is 8.98. The summed E-state index contributed by atoms with van der Waals surface area (Å²) in [6.45, 7) is 0.703. The number of methoxy groups -OCH3 is 1. The van der Waals surface area contributed by atoms with E-state index in [0.717, 1.165) is 0 Å². The predicted octanol–water partition coefficient (Wildman–Crippen LogP) is 3.06. The Bertz CT molecular complexity index is 1160. The van der Waals surface area contributed by atoms with E-state index < -0.39 is 0 Å². The van der Waals surface area contributed by atoms with Crippen molar-refractivity contribution in [2.24, 2.45) is 0 Å². The maximum absolute atomic E-state index is 13.6. The molecule has 2 fully saturated rings. The van der Waals surface area contributed by atoms with E-state index in [1.807, 2.05) is 0 Å². The van der Waals surface area contributed by atoms with Gasteiger partial charge in [-0.25, -0.2) is 19.2 Å². The molecule has 10 heteroatoms. The molecular formula is C24H24FN5O4. The number of carbonyl (C=O) groups is 1. The molecule has 176 valence electrons. The van der Waals surface area contributed by atoms with E-state index in [2.05, 4.69) is 25.9 Å². The first-order valence-corrected chi connectivity index (χ1v) is 10.9. The van der Waals surface area contributed by atoms with Gasteiger partial charge in [0.1, 0.15) is 23.8 Å². The number of halogens is 1. The number of nitrogens with zero attached hydrogens (tertiary/aromatic N) is 2. The fraction of sp³-hybridized carbons (Fsp3) is 0.292. The third-order valence-electron chi connectivity index (χ3n) is 5.81. The van der Waals surface area contributed by atoms with Crippen LogP contribution in [0.15, 0.2) is 60.8 Å². The lowest BCUT2D eigenvalue weighted by Gasteiger charge is -2.19. The van der Waals surface area contributed by atoms with Gasteiger partial charge in [0.25, 0.3) is 0 Å². The Morgan fingerprint density at radius 3 is 2.59 bits per heavy atom. The quantitative estimate of drug-likeness (QED) is 0.514. The van der Waals surface area contributed by atoms with Gasteiger partial charge in [-0.15, -0.1) is 0 Å². The molecular weight excluding hydrogens is 441 g/mol. The summed E-state index contributed by atoms with van der Waals surface area (Å²) in [6, 6.07) is 14.2. The molecule has 3 N–H and O–H groups in total. The van der Waals surface area contributed by atoms with Crippen molar-refractivity contribution >= 4 is 17.7 Å². The Hall–Kier alpha value is -3.76. The van der Waals surface area contributed by atoms with Crippen LogP contribution in [-0.4, -0.2) is 60.6 Å². The van der Waals surface area contributed by atoms with Crippen molar-refractivity contribution in [3.8, 4) is 17.0 Å². The summed E-state index contributed by atoms with van der Waals surface area (Å²) >= 11 is 0. The lowest BCUT2D eigenvalue weighted by Crippen LogP contribution is -2.46. The third-order valence-corrected chi connectivity index (χ3v) is 5.81. The van der Waals surface area contributed by atoms with Gasteiger partial charge in [-0.2, -0.15) is 0 Å². The molecule has 4 unspecified atom stereocenters. The Morgan fingerprint density at radius 1 is 1.06 bits per heavy atom. The van der Waals surface area contributed by atoms with Crippen LogP contribution in [0.1, 0.15) is 0 Å². The van der Waals surface area contributed by atoms with Crippen molar-refractivity contribution < 1.29 is 23.4 Å². The number of rotatable bonds is 6. The van der Waals surface area contributed by atoms with Crippen molar-refractivity contribution in [3.63, 3.8) is 0 Å². The number of urea groups is 1. The Kier molecular flexibility index (Phi) is 6.24. The van der Waals surface area contributed by atoms with E-state index in [4.69, 9.17) is 14.2 Å². The third kappa shape index (κ3) is 4.78. The van der Waals surface area contributed by atoms with Gasteiger partial charge in [0, 0.05) is 17.4 Å². The zero-order valence-electron chi connectivity index (χ0n) is 18.4. The normalized spacial score (nSPS) is 23.2. The molecule has 3 aromatic rings. The number of nitrogens with one attached hydrogen (secondary N) is 3. The Morgan fingerprint density at radius 2 is 1.82 bits per heavy atom. The van der Waals surface area contributed by atoms with Crippen LogP contribution < -0.4 is 20.7 Å². The van der Waals surface area contributed by atoms with Crippen molar-refractivity contribution in [3.05, 3.63) is 66.6 Å². The van der Waals surface area contributed by atoms with E-state index in [9.17, 15) is 9.18 Å². The molecule has 2 amide bonds. The molecule has 2 saturated heterocycles. The fourth-order valence-corrected chi connectivity index (χ4v) is 4.16. The summed E-state index contributed by atoms with van der Waals surface area (Å²) < 4.78 is 30.6. The van der Waals surface area contributed by atoms with Gasteiger partial charge in [-0.05, 0) is 42.5 Å². The SMILES string of the molecule is COc1ccc(NC(=O)NC2COC3C(Nc4nccc(-c5cccc(F)c5)n4)COC23)cc1. The lowest BCUT2D eigenvalue weighted by molar-refractivity contribution is 0.0683. The number of anilines is 2. The standard InChI is InChI=1S/C24H24FN5O4/c1-32-17-7-5-16(6-8-17)27-24(31)30-20-13-34-21-19(12-33-22(20)21)29-23-26-10-9-18(28-23)14-3-2-4-15(25)11-14/h2-11,19-22H,12-13H2,1H3,(H,26,28,29)(H2,27,30,31). The first-order valence-electron chi connectivity index (χ1n) is 10.9. The molecule has 0 spiro atoms. The van der Waals surface area contributed by atoms with Crippen LogP contribution in [0.4, 0.5) is 20.8 Å². The van der Waals surface area contributed by atoms with Crippen LogP contribution >= 0.6 is 0 Å². The first kappa shape index (κ1) is 22.1. The average molecular weight is 465 g/mol. The minimum Gasteiger partial charge on any atom is -0.497 e. The maximum Gasteiger partial charge on any atom is 0.319 e. The highest BCUT2D eigenvalue weighted by Crippen LogP contribution is 2.29. The minimum absolute atomic E-state index is 0.191. The molecule has 0 saturated carbocycles. The van der Waals surface area contributed by atoms with Gasteiger partial charge >= 0.3 is 6.03 Å². The van der Waals surface area contributed by atoms with E-state index in [1.165, 1.54) is 12.1 Å². The molecule has 1 aromatic heterocycles. The average Bonchev–Trinajstić information content (AvgIpc) is 3.43. The smallest absolute Gasteiger partial charge is 0.319 e. The van der Waals surface area contributed by atoms with Gasteiger partial charge in [-0.1, -0.05) is 12.1 Å². The molecule has 0 radical (unpaired) electrons. The van der Waals surface area contributed by atoms with Gasteiger partial charge < -0.3 is 30.2 Å². The molecule has 2 aliphatic rings. The molecule has 4 atom stereocenters. The molecule has 0 aliphatic carbocycles. The second-order valence-corrected chi connectivity index (χ2v) is 8.06. The number of ether oxygens (including phenoxy) is 3. The highest BCUT2D eigenvalue weighted by atomic mass is 19.1. The first-order chi connectivity index (χ1) is 16.6. The van der Waals surface area contributed by atoms with Crippen molar-refractivity contribution in [1.29, 1.82) is 0 Å². The minimum atomic E-state index is -0.342. The van der Waals surface area contributed by atoms with E-state index in [0.29, 0.717) is 41.9 Å². The van der Waals surface area contributed by atoms with E-state index in [1.54, 1.807) is 55.8 Å². The lowest BCUT2D eigenvalue weighted by atomic mass is 10.1. The van der Waals surface area contributed by atoms with Crippen LogP contribution in [0.5, 0.6) is 5.75 Å². The number of fused-ring (bicyclic) bond motifs is 1. The molecule has 9 nitrogen and oxygen atoms in total. The summed E-state index contributed by atoms with van der Waals surface area (Å²) in [6.07, 6.45) is 1.05. The van der Waals surface area contributed by atoms with Crippen LogP contribution in [0, 0.1) is 5.82 Å². The molecule has 5 rings (SSSR count). The van der Waals surface area contributed by atoms with Gasteiger partial charge in [-0.3, -0.25) is 0 Å². The molecule has 34 heavy (non-hydrogen) atoms. The van der Waals surface area contributed by atoms with E-state index in [-0.39, 0.29) is 36.1 Å². The topological polar surface area (TPSA) is 107 Å². The summed E-state index contributed by atoms with van der Waals surface area (Å²) in [5.74, 6) is 0.779. The maximum atomic E-state index is 13.6. The zero-order chi connectivity index (χ0) is 23.5. The monoisotopic (exact) mass is 465 g/mol. The second-order valence-electron chi connectivity index (χ2n) is 8.06. The molecule has 2 aromatic carbocycles. The van der Waals surface area contributed by atoms with Crippen molar-refractivity contribution in [2.75, 3.05) is 31.0 Å². The number of aromatic nitrogens is 2. The van der Waals surface area contributed by atoms with Crippen LogP contribution in [0.2, 0.25) is 0 Å². The van der Waals surface area contributed by atoms with Gasteiger partial charge in [0.2, 0.25) is 5.95 Å². The number of carbonyl (C=O) groups excluding carboxylic acids is 1. The van der Waals surface area contributed by atoms with Gasteiger partial charge in [0.05, 0.1) is 38.1 Å². The molecule has 0 bridgehead atoms. The van der Waals surface area contributed by atoms with Crippen LogP contribution in [-0.2, 0) is 9.47 Å².